The summed E-state index contributed by atoms with van der Waals surface area (Å²) < 4.78 is 46.6. The first-order chi connectivity index (χ1) is 12.9. The minimum Gasteiger partial charge on any atom is -0.488 e. The Morgan fingerprint density at radius 3 is 2.59 bits per heavy atom. The van der Waals surface area contributed by atoms with Crippen molar-refractivity contribution in [1.29, 1.82) is 0 Å². The highest BCUT2D eigenvalue weighted by Crippen LogP contribution is 2.32. The van der Waals surface area contributed by atoms with Gasteiger partial charge in [-0.25, -0.2) is 23.1 Å². The lowest BCUT2D eigenvalue weighted by Gasteiger charge is -2.16. The maximum atomic E-state index is 14.2. The standard InChI is InChI=1S/C18H18F3N5O/c1-9(2)27-16-3-10-14(4-11(16)19)24-25-18(10)15-5-17(23-8-22-15)26-6-12(20)13(21)7-26/h3-5,8-9,12-13H,6-7H2,1-2H3,(H,24,25). The van der Waals surface area contributed by atoms with Gasteiger partial charge in [0.1, 0.15) is 17.8 Å². The van der Waals surface area contributed by atoms with E-state index in [0.29, 0.717) is 28.1 Å². The molecule has 4 rings (SSSR count). The highest BCUT2D eigenvalue weighted by Gasteiger charge is 2.33. The molecule has 0 saturated carbocycles. The first kappa shape index (κ1) is 17.6. The number of H-pyrrole nitrogens is 1. The van der Waals surface area contributed by atoms with Crippen molar-refractivity contribution in [3.05, 3.63) is 30.3 Å². The molecule has 0 amide bonds. The molecule has 0 aliphatic carbocycles. The fourth-order valence-electron chi connectivity index (χ4n) is 3.12. The van der Waals surface area contributed by atoms with Crippen molar-refractivity contribution in [3.8, 4) is 17.1 Å². The second kappa shape index (κ2) is 6.71. The molecule has 9 heteroatoms. The van der Waals surface area contributed by atoms with Crippen LogP contribution in [0.2, 0.25) is 0 Å². The maximum absolute atomic E-state index is 14.2. The van der Waals surface area contributed by atoms with E-state index < -0.39 is 18.2 Å². The maximum Gasteiger partial charge on any atom is 0.167 e. The molecule has 0 spiro atoms. The predicted molar refractivity (Wildman–Crippen MR) is 94.8 cm³/mol. The van der Waals surface area contributed by atoms with Crippen molar-refractivity contribution in [2.75, 3.05) is 18.0 Å². The molecule has 0 bridgehead atoms. The summed E-state index contributed by atoms with van der Waals surface area (Å²) in [5.74, 6) is 0.0454. The number of benzene rings is 1. The summed E-state index contributed by atoms with van der Waals surface area (Å²) in [7, 11) is 0. The number of ether oxygens (including phenoxy) is 1. The van der Waals surface area contributed by atoms with Crippen LogP contribution in [0.15, 0.2) is 24.5 Å². The van der Waals surface area contributed by atoms with Crippen molar-refractivity contribution < 1.29 is 17.9 Å². The van der Waals surface area contributed by atoms with Crippen LogP contribution >= 0.6 is 0 Å². The molecule has 1 aromatic carbocycles. The number of anilines is 1. The van der Waals surface area contributed by atoms with Gasteiger partial charge in [0.05, 0.1) is 30.4 Å². The average molecular weight is 377 g/mol. The van der Waals surface area contributed by atoms with E-state index in [2.05, 4.69) is 20.2 Å². The van der Waals surface area contributed by atoms with Gasteiger partial charge in [0.15, 0.2) is 23.9 Å². The number of hydrogen-bond donors (Lipinski definition) is 1. The number of nitrogens with one attached hydrogen (secondary N) is 1. The number of hydrogen-bond acceptors (Lipinski definition) is 5. The predicted octanol–water partition coefficient (Wildman–Crippen LogP) is 3.44. The molecule has 2 unspecified atom stereocenters. The Balaban J connectivity index is 1.73. The Morgan fingerprint density at radius 1 is 1.15 bits per heavy atom. The minimum atomic E-state index is -1.53. The zero-order valence-electron chi connectivity index (χ0n) is 14.8. The third-order valence-electron chi connectivity index (χ3n) is 4.38. The largest absolute Gasteiger partial charge is 0.488 e. The summed E-state index contributed by atoms with van der Waals surface area (Å²) in [6, 6.07) is 4.50. The molecular formula is C18H18F3N5O. The van der Waals surface area contributed by atoms with Gasteiger partial charge in [-0.15, -0.1) is 0 Å². The van der Waals surface area contributed by atoms with E-state index >= 15 is 0 Å². The summed E-state index contributed by atoms with van der Waals surface area (Å²) in [6.07, 6.45) is -1.93. The van der Waals surface area contributed by atoms with E-state index in [1.54, 1.807) is 12.1 Å². The number of aromatic amines is 1. The molecule has 142 valence electrons. The van der Waals surface area contributed by atoms with Crippen LogP contribution in [0, 0.1) is 5.82 Å². The normalized spacial score (nSPS) is 20.0. The minimum absolute atomic E-state index is 0.0590. The molecule has 3 aromatic rings. The molecule has 1 N–H and O–H groups in total. The Labute approximate surface area is 153 Å². The lowest BCUT2D eigenvalue weighted by atomic mass is 10.1. The van der Waals surface area contributed by atoms with Gasteiger partial charge in [0.25, 0.3) is 0 Å². The number of fused-ring (bicyclic) bond motifs is 1. The van der Waals surface area contributed by atoms with Crippen LogP contribution in [0.1, 0.15) is 13.8 Å². The van der Waals surface area contributed by atoms with Crippen LogP contribution in [0.25, 0.3) is 22.3 Å². The summed E-state index contributed by atoms with van der Waals surface area (Å²) >= 11 is 0. The van der Waals surface area contributed by atoms with E-state index in [9.17, 15) is 13.2 Å². The molecule has 27 heavy (non-hydrogen) atoms. The first-order valence-corrected chi connectivity index (χ1v) is 8.62. The highest BCUT2D eigenvalue weighted by atomic mass is 19.2. The van der Waals surface area contributed by atoms with E-state index in [1.165, 1.54) is 17.3 Å². The molecule has 0 radical (unpaired) electrons. The zero-order valence-corrected chi connectivity index (χ0v) is 14.8. The molecule has 1 aliphatic heterocycles. The Bertz CT molecular complexity index is 967. The monoisotopic (exact) mass is 377 g/mol. The van der Waals surface area contributed by atoms with Crippen LogP contribution in [0.4, 0.5) is 19.0 Å². The quantitative estimate of drug-likeness (QED) is 0.754. The molecule has 2 aromatic heterocycles. The van der Waals surface area contributed by atoms with E-state index in [1.807, 2.05) is 13.8 Å². The van der Waals surface area contributed by atoms with Crippen LogP contribution in [-0.4, -0.2) is 51.7 Å². The Hall–Kier alpha value is -2.84. The fraction of sp³-hybridized carbons (Fsp3) is 0.389. The summed E-state index contributed by atoms with van der Waals surface area (Å²) in [5.41, 5.74) is 1.44. The fourth-order valence-corrected chi connectivity index (χ4v) is 3.12. The Morgan fingerprint density at radius 2 is 1.89 bits per heavy atom. The average Bonchev–Trinajstić information content (AvgIpc) is 3.18. The molecule has 2 atom stereocenters. The van der Waals surface area contributed by atoms with Gasteiger partial charge >= 0.3 is 0 Å². The lowest BCUT2D eigenvalue weighted by Crippen LogP contribution is -2.21. The summed E-state index contributed by atoms with van der Waals surface area (Å²) in [5, 5.41) is 7.62. The van der Waals surface area contributed by atoms with Crippen LogP contribution < -0.4 is 9.64 Å². The number of halogens is 3. The van der Waals surface area contributed by atoms with Crippen molar-refractivity contribution in [2.45, 2.75) is 32.3 Å². The number of nitrogens with zero attached hydrogens (tertiary/aromatic N) is 4. The first-order valence-electron chi connectivity index (χ1n) is 8.62. The van der Waals surface area contributed by atoms with E-state index in [0.717, 1.165) is 0 Å². The van der Waals surface area contributed by atoms with Gasteiger partial charge < -0.3 is 9.64 Å². The van der Waals surface area contributed by atoms with Crippen molar-refractivity contribution in [1.82, 2.24) is 20.2 Å². The van der Waals surface area contributed by atoms with Gasteiger partial charge in [0.2, 0.25) is 0 Å². The van der Waals surface area contributed by atoms with Crippen molar-refractivity contribution >= 4 is 16.7 Å². The number of alkyl halides is 2. The molecular weight excluding hydrogens is 359 g/mol. The molecule has 3 heterocycles. The SMILES string of the molecule is CC(C)Oc1cc2c(-c3cc(N4CC(F)C(F)C4)ncn3)n[nH]c2cc1F. The van der Waals surface area contributed by atoms with Gasteiger partial charge in [-0.1, -0.05) is 0 Å². The number of rotatable bonds is 4. The molecule has 1 saturated heterocycles. The third-order valence-corrected chi connectivity index (χ3v) is 4.38. The van der Waals surface area contributed by atoms with Gasteiger partial charge in [-0.3, -0.25) is 5.10 Å². The van der Waals surface area contributed by atoms with Gasteiger partial charge in [-0.05, 0) is 19.9 Å². The molecule has 6 nitrogen and oxygen atoms in total. The topological polar surface area (TPSA) is 66.9 Å². The van der Waals surface area contributed by atoms with Gasteiger partial charge in [0, 0.05) is 17.5 Å². The van der Waals surface area contributed by atoms with Crippen LogP contribution in [-0.2, 0) is 0 Å². The highest BCUT2D eigenvalue weighted by molar-refractivity contribution is 5.93. The number of aromatic nitrogens is 4. The van der Waals surface area contributed by atoms with Crippen molar-refractivity contribution in [3.63, 3.8) is 0 Å². The van der Waals surface area contributed by atoms with E-state index in [4.69, 9.17) is 4.74 Å². The lowest BCUT2D eigenvalue weighted by molar-refractivity contribution is 0.217. The zero-order chi connectivity index (χ0) is 19.1. The molecule has 1 aliphatic rings. The van der Waals surface area contributed by atoms with Crippen LogP contribution in [0.5, 0.6) is 5.75 Å². The van der Waals surface area contributed by atoms with Crippen molar-refractivity contribution in [2.24, 2.45) is 0 Å². The van der Waals surface area contributed by atoms with Gasteiger partial charge in [-0.2, -0.15) is 5.10 Å². The second-order valence-corrected chi connectivity index (χ2v) is 6.77. The summed E-state index contributed by atoms with van der Waals surface area (Å²) in [6.45, 7) is 3.50. The molecule has 1 fully saturated rings. The third kappa shape index (κ3) is 3.29. The van der Waals surface area contributed by atoms with Crippen LogP contribution in [0.3, 0.4) is 0 Å². The second-order valence-electron chi connectivity index (χ2n) is 6.77. The Kier molecular flexibility index (Phi) is 4.37. The smallest absolute Gasteiger partial charge is 0.167 e. The van der Waals surface area contributed by atoms with E-state index in [-0.39, 0.29) is 24.9 Å². The summed E-state index contributed by atoms with van der Waals surface area (Å²) in [4.78, 5) is 9.85.